The Labute approximate surface area is 128 Å². The first-order valence-electron chi connectivity index (χ1n) is 6.07. The molecule has 21 heavy (non-hydrogen) atoms. The number of pyridine rings is 1. The third-order valence-corrected chi connectivity index (χ3v) is 3.73. The molecule has 0 radical (unpaired) electrons. The van der Waals surface area contributed by atoms with Crippen molar-refractivity contribution in [3.8, 4) is 17.0 Å². The van der Waals surface area contributed by atoms with Gasteiger partial charge in [0.15, 0.2) is 0 Å². The van der Waals surface area contributed by atoms with Crippen molar-refractivity contribution >= 4 is 27.1 Å². The zero-order chi connectivity index (χ0) is 15.0. The molecule has 2 aromatic heterocycles. The molecule has 6 nitrogen and oxygen atoms in total. The molecule has 0 unspecified atom stereocenters. The fourth-order valence-electron chi connectivity index (χ4n) is 2.14. The Morgan fingerprint density at radius 1 is 1.33 bits per heavy atom. The van der Waals surface area contributed by atoms with E-state index >= 15 is 0 Å². The lowest BCUT2D eigenvalue weighted by atomic mass is 10.1. The molecule has 0 aliphatic rings. The van der Waals surface area contributed by atoms with Gasteiger partial charge in [0.1, 0.15) is 11.4 Å². The van der Waals surface area contributed by atoms with Crippen LogP contribution in [0.2, 0.25) is 0 Å². The Balaban J connectivity index is 2.27. The molecule has 0 saturated heterocycles. The lowest BCUT2D eigenvalue weighted by molar-refractivity contribution is -0.384. The number of nitrogens with zero attached hydrogens (tertiary/aromatic N) is 3. The monoisotopic (exact) mass is 347 g/mol. The van der Waals surface area contributed by atoms with Crippen LogP contribution >= 0.6 is 15.9 Å². The van der Waals surface area contributed by atoms with Crippen molar-refractivity contribution in [2.45, 2.75) is 0 Å². The maximum Gasteiger partial charge on any atom is 0.283 e. The summed E-state index contributed by atoms with van der Waals surface area (Å²) in [6, 6.07) is 10.5. The predicted molar refractivity (Wildman–Crippen MR) is 81.5 cm³/mol. The van der Waals surface area contributed by atoms with Crippen LogP contribution in [-0.2, 0) is 0 Å². The quantitative estimate of drug-likeness (QED) is 0.535. The van der Waals surface area contributed by atoms with Gasteiger partial charge in [0.05, 0.1) is 29.2 Å². The van der Waals surface area contributed by atoms with E-state index in [-0.39, 0.29) is 5.69 Å². The lowest BCUT2D eigenvalue weighted by Gasteiger charge is -2.06. The van der Waals surface area contributed by atoms with Crippen molar-refractivity contribution in [3.05, 3.63) is 57.2 Å². The summed E-state index contributed by atoms with van der Waals surface area (Å²) in [6.07, 6.45) is 1.79. The Morgan fingerprint density at radius 2 is 2.14 bits per heavy atom. The molecule has 0 spiro atoms. The van der Waals surface area contributed by atoms with E-state index in [0.717, 1.165) is 5.52 Å². The normalized spacial score (nSPS) is 10.8. The Morgan fingerprint density at radius 3 is 2.81 bits per heavy atom. The van der Waals surface area contributed by atoms with Gasteiger partial charge in [-0.05, 0) is 40.2 Å². The highest BCUT2D eigenvalue weighted by molar-refractivity contribution is 9.10. The van der Waals surface area contributed by atoms with Crippen molar-refractivity contribution < 1.29 is 9.66 Å². The van der Waals surface area contributed by atoms with Crippen molar-refractivity contribution in [1.82, 2.24) is 9.61 Å². The molecule has 0 atom stereocenters. The number of hydrogen-bond acceptors (Lipinski definition) is 4. The highest BCUT2D eigenvalue weighted by Crippen LogP contribution is 2.39. The Kier molecular flexibility index (Phi) is 3.34. The topological polar surface area (TPSA) is 69.7 Å². The first kappa shape index (κ1) is 13.6. The SMILES string of the molecule is COc1cc(Br)c(-c2cc3ccccn3n2)c([N+](=O)[O-])c1. The second kappa shape index (κ2) is 5.17. The van der Waals surface area contributed by atoms with Crippen LogP contribution in [0.3, 0.4) is 0 Å². The molecule has 3 aromatic rings. The van der Waals surface area contributed by atoms with E-state index in [0.29, 0.717) is 21.5 Å². The molecule has 3 rings (SSSR count). The minimum absolute atomic E-state index is 0.0513. The summed E-state index contributed by atoms with van der Waals surface area (Å²) < 4.78 is 7.32. The van der Waals surface area contributed by atoms with Gasteiger partial charge in [0.2, 0.25) is 0 Å². The van der Waals surface area contributed by atoms with Gasteiger partial charge in [-0.3, -0.25) is 10.1 Å². The average Bonchev–Trinajstić information content (AvgIpc) is 2.89. The molecule has 0 amide bonds. The number of methoxy groups -OCH3 is 1. The zero-order valence-corrected chi connectivity index (χ0v) is 12.6. The first-order chi connectivity index (χ1) is 10.1. The summed E-state index contributed by atoms with van der Waals surface area (Å²) in [5, 5.41) is 15.7. The predicted octanol–water partition coefficient (Wildman–Crippen LogP) is 3.68. The van der Waals surface area contributed by atoms with E-state index in [1.807, 2.05) is 18.2 Å². The molecule has 0 aliphatic carbocycles. The highest BCUT2D eigenvalue weighted by atomic mass is 79.9. The molecule has 2 heterocycles. The first-order valence-corrected chi connectivity index (χ1v) is 6.86. The number of nitro groups is 1. The van der Waals surface area contributed by atoms with Gasteiger partial charge < -0.3 is 4.74 Å². The summed E-state index contributed by atoms with van der Waals surface area (Å²) in [6.45, 7) is 0. The van der Waals surface area contributed by atoms with Crippen LogP contribution in [0.4, 0.5) is 5.69 Å². The maximum absolute atomic E-state index is 11.3. The zero-order valence-electron chi connectivity index (χ0n) is 11.0. The maximum atomic E-state index is 11.3. The van der Waals surface area contributed by atoms with Gasteiger partial charge in [-0.1, -0.05) is 6.07 Å². The lowest BCUT2D eigenvalue weighted by Crippen LogP contribution is -1.96. The summed E-state index contributed by atoms with van der Waals surface area (Å²) in [5.74, 6) is 0.418. The van der Waals surface area contributed by atoms with Crippen LogP contribution < -0.4 is 4.74 Å². The van der Waals surface area contributed by atoms with Gasteiger partial charge in [-0.25, -0.2) is 4.52 Å². The number of benzene rings is 1. The second-order valence-electron chi connectivity index (χ2n) is 4.36. The molecule has 0 fully saturated rings. The smallest absolute Gasteiger partial charge is 0.283 e. The van der Waals surface area contributed by atoms with E-state index < -0.39 is 4.92 Å². The summed E-state index contributed by atoms with van der Waals surface area (Å²) in [7, 11) is 1.47. The summed E-state index contributed by atoms with van der Waals surface area (Å²) in [5.41, 5.74) is 1.78. The molecule has 1 aromatic carbocycles. The van der Waals surface area contributed by atoms with Gasteiger partial charge >= 0.3 is 0 Å². The average molecular weight is 348 g/mol. The molecule has 0 saturated carbocycles. The fourth-order valence-corrected chi connectivity index (χ4v) is 2.78. The minimum Gasteiger partial charge on any atom is -0.496 e. The summed E-state index contributed by atoms with van der Waals surface area (Å²) in [4.78, 5) is 10.9. The number of rotatable bonds is 3. The van der Waals surface area contributed by atoms with Crippen molar-refractivity contribution in [2.75, 3.05) is 7.11 Å². The number of fused-ring (bicyclic) bond motifs is 1. The van der Waals surface area contributed by atoms with E-state index in [9.17, 15) is 10.1 Å². The minimum atomic E-state index is -0.438. The van der Waals surface area contributed by atoms with Crippen molar-refractivity contribution in [2.24, 2.45) is 0 Å². The van der Waals surface area contributed by atoms with Gasteiger partial charge in [-0.2, -0.15) is 5.10 Å². The third kappa shape index (κ3) is 2.36. The van der Waals surface area contributed by atoms with Crippen LogP contribution in [0, 0.1) is 10.1 Å². The number of hydrogen-bond donors (Lipinski definition) is 0. The van der Waals surface area contributed by atoms with Gasteiger partial charge in [0.25, 0.3) is 5.69 Å². The Bertz CT molecular complexity index is 812. The summed E-state index contributed by atoms with van der Waals surface area (Å²) >= 11 is 3.37. The van der Waals surface area contributed by atoms with E-state index in [1.54, 1.807) is 22.8 Å². The van der Waals surface area contributed by atoms with Gasteiger partial charge in [-0.15, -0.1) is 0 Å². The van der Waals surface area contributed by atoms with Gasteiger partial charge in [0, 0.05) is 10.7 Å². The van der Waals surface area contributed by atoms with Crippen LogP contribution in [0.25, 0.3) is 16.8 Å². The Hall–Kier alpha value is -2.41. The van der Waals surface area contributed by atoms with E-state index in [1.165, 1.54) is 13.2 Å². The van der Waals surface area contributed by atoms with E-state index in [4.69, 9.17) is 4.74 Å². The van der Waals surface area contributed by atoms with Crippen molar-refractivity contribution in [3.63, 3.8) is 0 Å². The molecular formula is C14H10BrN3O3. The number of nitro benzene ring substituents is 1. The fraction of sp³-hybridized carbons (Fsp3) is 0.0714. The molecule has 7 heteroatoms. The molecule has 0 aliphatic heterocycles. The van der Waals surface area contributed by atoms with Crippen molar-refractivity contribution in [1.29, 1.82) is 0 Å². The third-order valence-electron chi connectivity index (χ3n) is 3.10. The number of halogens is 1. The standard InChI is InChI=1S/C14H10BrN3O3/c1-21-10-7-11(15)14(13(8-10)18(19)20)12-6-9-4-2-3-5-17(9)16-12/h2-8H,1H3. The van der Waals surface area contributed by atoms with Crippen LogP contribution in [0.15, 0.2) is 47.1 Å². The molecule has 0 N–H and O–H groups in total. The van der Waals surface area contributed by atoms with Crippen LogP contribution in [0.1, 0.15) is 0 Å². The van der Waals surface area contributed by atoms with Crippen LogP contribution in [-0.4, -0.2) is 21.6 Å². The number of aromatic nitrogens is 2. The molecule has 106 valence electrons. The number of ether oxygens (including phenoxy) is 1. The highest BCUT2D eigenvalue weighted by Gasteiger charge is 2.22. The largest absolute Gasteiger partial charge is 0.496 e. The van der Waals surface area contributed by atoms with E-state index in [2.05, 4.69) is 21.0 Å². The second-order valence-corrected chi connectivity index (χ2v) is 5.21. The molecule has 0 bridgehead atoms. The molecular weight excluding hydrogens is 338 g/mol. The van der Waals surface area contributed by atoms with Crippen LogP contribution in [0.5, 0.6) is 5.75 Å².